The third-order valence-corrected chi connectivity index (χ3v) is 1.29. The predicted molar refractivity (Wildman–Crippen MR) is 93.4 cm³/mol. The van der Waals surface area contributed by atoms with Crippen LogP contribution in [-0.2, 0) is 0 Å². The summed E-state index contributed by atoms with van der Waals surface area (Å²) >= 11 is 0. The SMILES string of the molecule is CC(C)(C)[N+]#Cc1ccccc1.[Cl][Sb-]([Cl])([Cl])([Cl])([Cl])[Cl]. The molecule has 0 aliphatic heterocycles. The van der Waals surface area contributed by atoms with Gasteiger partial charge in [-0.25, -0.2) is 0 Å². The molecule has 0 saturated carbocycles. The normalized spacial score (nSPS) is 15.0. The molecule has 0 spiro atoms. The van der Waals surface area contributed by atoms with Crippen LogP contribution in [0.2, 0.25) is 0 Å². The first-order valence-corrected chi connectivity index (χ1v) is 24.5. The Morgan fingerprint density at radius 3 is 1.58 bits per heavy atom. The van der Waals surface area contributed by atoms with Crippen LogP contribution in [0.15, 0.2) is 30.3 Å². The van der Waals surface area contributed by atoms with E-state index in [0.29, 0.717) is 0 Å². The summed E-state index contributed by atoms with van der Waals surface area (Å²) in [6.07, 6.45) is 0. The minimum atomic E-state index is -5.42. The topological polar surface area (TPSA) is 4.36 Å². The van der Waals surface area contributed by atoms with Crippen LogP contribution < -0.4 is 0 Å². The van der Waals surface area contributed by atoms with E-state index >= 15 is 0 Å². The van der Waals surface area contributed by atoms with E-state index in [1.165, 1.54) is 0 Å². The van der Waals surface area contributed by atoms with Gasteiger partial charge in [0.05, 0.1) is 0 Å². The number of nitrogens with zero attached hydrogens (tertiary/aromatic N) is 1. The molecule has 1 aromatic carbocycles. The second-order valence-corrected chi connectivity index (χ2v) is 61.6. The van der Waals surface area contributed by atoms with Gasteiger partial charge >= 0.3 is 68.2 Å². The van der Waals surface area contributed by atoms with E-state index in [-0.39, 0.29) is 5.54 Å². The third kappa shape index (κ3) is 24.6. The molecule has 19 heavy (non-hydrogen) atoms. The fourth-order valence-corrected chi connectivity index (χ4v) is 0.745. The van der Waals surface area contributed by atoms with Crippen molar-refractivity contribution >= 4 is 62.1 Å². The molecule has 0 radical (unpaired) electrons. The monoisotopic (exact) mass is 491 g/mol. The Bertz CT molecular complexity index is 463. The molecule has 0 atom stereocenters. The molecule has 1 rings (SSSR count). The Kier molecular flexibility index (Phi) is 6.59. The molecule has 0 heterocycles. The zero-order valence-electron chi connectivity index (χ0n) is 10.5. The second kappa shape index (κ2) is 6.18. The molecule has 1 aromatic rings. The molecule has 0 bridgehead atoms. The van der Waals surface area contributed by atoms with Crippen molar-refractivity contribution < 1.29 is 0 Å². The van der Waals surface area contributed by atoms with Crippen LogP contribution in [-0.4, -0.2) is 14.7 Å². The molecular formula is C11H14Cl6NSb. The second-order valence-electron chi connectivity index (χ2n) is 4.72. The first-order valence-electron chi connectivity index (χ1n) is 5.12. The predicted octanol–water partition coefficient (Wildman–Crippen LogP) is 6.92. The quantitative estimate of drug-likeness (QED) is 0.345. The molecule has 110 valence electrons. The van der Waals surface area contributed by atoms with Crippen LogP contribution in [0.5, 0.6) is 0 Å². The van der Waals surface area contributed by atoms with Gasteiger partial charge in [-0.1, -0.05) is 23.0 Å². The molecule has 1 nitrogen and oxygen atoms in total. The Hall–Kier alpha value is 1.27. The van der Waals surface area contributed by atoms with Crippen molar-refractivity contribution in [3.8, 4) is 6.07 Å². The fourth-order valence-electron chi connectivity index (χ4n) is 0.745. The van der Waals surface area contributed by atoms with Crippen molar-refractivity contribution in [3.63, 3.8) is 0 Å². The van der Waals surface area contributed by atoms with Gasteiger partial charge in [-0.2, -0.15) is 0 Å². The van der Waals surface area contributed by atoms with Crippen LogP contribution in [0, 0.1) is 6.07 Å². The fraction of sp³-hybridized carbons (Fsp3) is 0.364. The van der Waals surface area contributed by atoms with Crippen molar-refractivity contribution in [2.45, 2.75) is 26.3 Å². The molecule has 0 amide bonds. The molecule has 8 heteroatoms. The molecule has 0 saturated heterocycles. The van der Waals surface area contributed by atoms with E-state index in [1.807, 2.05) is 30.3 Å². The maximum absolute atomic E-state index is 5.42. The van der Waals surface area contributed by atoms with Crippen molar-refractivity contribution in [3.05, 3.63) is 40.7 Å². The van der Waals surface area contributed by atoms with Crippen LogP contribution in [0.3, 0.4) is 0 Å². The van der Waals surface area contributed by atoms with Gasteiger partial charge in [-0.05, 0) is 12.1 Å². The van der Waals surface area contributed by atoms with Crippen molar-refractivity contribution in [1.29, 1.82) is 0 Å². The van der Waals surface area contributed by atoms with E-state index in [4.69, 9.17) is 53.0 Å². The van der Waals surface area contributed by atoms with E-state index in [1.54, 1.807) is 0 Å². The van der Waals surface area contributed by atoms with Crippen LogP contribution >= 0.6 is 53.0 Å². The van der Waals surface area contributed by atoms with Gasteiger partial charge in [0, 0.05) is 20.8 Å². The molecule has 0 unspecified atom stereocenters. The summed E-state index contributed by atoms with van der Waals surface area (Å²) < 4.78 is 0. The van der Waals surface area contributed by atoms with Gasteiger partial charge in [0.15, 0.2) is 0 Å². The van der Waals surface area contributed by atoms with Gasteiger partial charge in [0.1, 0.15) is 5.56 Å². The van der Waals surface area contributed by atoms with Gasteiger partial charge in [0.2, 0.25) is 0 Å². The number of rotatable bonds is 0. The van der Waals surface area contributed by atoms with Crippen molar-refractivity contribution in [2.75, 3.05) is 0 Å². The molecule has 0 N–H and O–H groups in total. The summed E-state index contributed by atoms with van der Waals surface area (Å²) in [5, 5.41) is 0. The Morgan fingerprint density at radius 2 is 1.26 bits per heavy atom. The van der Waals surface area contributed by atoms with Gasteiger partial charge in [-0.3, -0.25) is 0 Å². The molecule has 0 aliphatic rings. The number of hydrogen-bond acceptors (Lipinski definition) is 0. The Morgan fingerprint density at radius 1 is 0.895 bits per heavy atom. The third-order valence-electron chi connectivity index (χ3n) is 1.29. The van der Waals surface area contributed by atoms with Gasteiger partial charge in [-0.15, -0.1) is 0 Å². The number of halogens is 6. The summed E-state index contributed by atoms with van der Waals surface area (Å²) in [5.41, 5.74) is 1.00. The maximum atomic E-state index is 5.06. The molecule has 0 aliphatic carbocycles. The van der Waals surface area contributed by atoms with E-state index in [9.17, 15) is 0 Å². The van der Waals surface area contributed by atoms with Gasteiger partial charge in [0.25, 0.3) is 5.54 Å². The summed E-state index contributed by atoms with van der Waals surface area (Å²) in [6, 6.07) is 13.0. The average Bonchev–Trinajstić information content (AvgIpc) is 2.10. The van der Waals surface area contributed by atoms with Crippen molar-refractivity contribution in [1.82, 2.24) is 0 Å². The molecule has 0 fully saturated rings. The van der Waals surface area contributed by atoms with Crippen LogP contribution in [0.25, 0.3) is 4.85 Å². The first-order chi connectivity index (χ1) is 8.03. The average molecular weight is 495 g/mol. The minimum absolute atomic E-state index is 0.0319. The number of hydrogen-bond donors (Lipinski definition) is 0. The zero-order chi connectivity index (χ0) is 15.4. The van der Waals surface area contributed by atoms with E-state index in [2.05, 4.69) is 31.7 Å². The van der Waals surface area contributed by atoms with Crippen LogP contribution in [0.4, 0.5) is 0 Å². The summed E-state index contributed by atoms with van der Waals surface area (Å²) in [6.45, 7) is 6.18. The summed E-state index contributed by atoms with van der Waals surface area (Å²) in [4.78, 5) is 4.28. The summed E-state index contributed by atoms with van der Waals surface area (Å²) in [5.74, 6) is 0. The zero-order valence-corrected chi connectivity index (χ0v) is 17.6. The van der Waals surface area contributed by atoms with E-state index < -0.39 is 9.14 Å². The first kappa shape index (κ1) is 20.3. The Labute approximate surface area is 134 Å². The van der Waals surface area contributed by atoms with Crippen LogP contribution in [0.1, 0.15) is 26.3 Å². The molecule has 0 aromatic heterocycles. The van der Waals surface area contributed by atoms with E-state index in [0.717, 1.165) is 5.56 Å². The standard InChI is InChI=1S/C11H14N.6ClH.Sb/c1-11(2,3)12-9-10-7-5-4-6-8-10;;;;;;;/h4-8H,1-3H3;6*1H;/q+1;;;;;;;+5/p-6. The Balaban J connectivity index is 0.000000399. The molecular weight excluding hydrogens is 481 g/mol. The number of benzene rings is 1. The van der Waals surface area contributed by atoms with Gasteiger partial charge < -0.3 is 0 Å². The van der Waals surface area contributed by atoms with Crippen molar-refractivity contribution in [2.24, 2.45) is 0 Å². The summed E-state index contributed by atoms with van der Waals surface area (Å²) in [7, 11) is 25.0.